The number of nitrogens with one attached hydrogen (secondary N) is 1. The van der Waals surface area contributed by atoms with Crippen molar-refractivity contribution in [1.82, 2.24) is 10.2 Å². The summed E-state index contributed by atoms with van der Waals surface area (Å²) in [6.07, 6.45) is 7.91. The van der Waals surface area contributed by atoms with E-state index in [9.17, 15) is 4.79 Å². The van der Waals surface area contributed by atoms with Gasteiger partial charge >= 0.3 is 0 Å². The molecule has 0 aromatic rings. The summed E-state index contributed by atoms with van der Waals surface area (Å²) in [6, 6.07) is 0.676. The number of piperidine rings is 1. The van der Waals surface area contributed by atoms with Gasteiger partial charge in [0, 0.05) is 25.0 Å². The van der Waals surface area contributed by atoms with E-state index in [0.29, 0.717) is 24.4 Å². The van der Waals surface area contributed by atoms with Crippen molar-refractivity contribution in [3.8, 4) is 0 Å². The van der Waals surface area contributed by atoms with E-state index >= 15 is 0 Å². The number of carbonyl (C=O) groups is 1. The molecule has 0 aromatic carbocycles. The number of hydrogen-bond donors (Lipinski definition) is 2. The Morgan fingerprint density at radius 2 is 1.90 bits per heavy atom. The lowest BCUT2D eigenvalue weighted by atomic mass is 9.74. The Hall–Kier alpha value is -0.610. The summed E-state index contributed by atoms with van der Waals surface area (Å²) in [4.78, 5) is 14.4. The summed E-state index contributed by atoms with van der Waals surface area (Å²) in [5, 5.41) is 3.08. The minimum atomic E-state index is 0.186. The van der Waals surface area contributed by atoms with Crippen molar-refractivity contribution in [2.24, 2.45) is 11.1 Å². The molecule has 1 saturated carbocycles. The molecule has 116 valence electrons. The molecule has 1 saturated heterocycles. The van der Waals surface area contributed by atoms with Crippen molar-refractivity contribution < 1.29 is 4.79 Å². The Morgan fingerprint density at radius 3 is 2.35 bits per heavy atom. The minimum Gasteiger partial charge on any atom is -0.353 e. The normalized spacial score (nSPS) is 24.4. The number of nitrogens with two attached hydrogens (primary N) is 1. The highest BCUT2D eigenvalue weighted by Gasteiger charge is 2.34. The molecule has 2 rings (SSSR count). The molecule has 2 fully saturated rings. The van der Waals surface area contributed by atoms with Gasteiger partial charge in [0.15, 0.2) is 0 Å². The molecule has 3 N–H and O–H groups in total. The summed E-state index contributed by atoms with van der Waals surface area (Å²) in [7, 11) is 0. The summed E-state index contributed by atoms with van der Waals surface area (Å²) in [5.41, 5.74) is 6.44. The second-order valence-electron chi connectivity index (χ2n) is 6.68. The van der Waals surface area contributed by atoms with Crippen LogP contribution in [-0.2, 0) is 4.79 Å². The van der Waals surface area contributed by atoms with E-state index in [0.717, 1.165) is 25.9 Å². The predicted molar refractivity (Wildman–Crippen MR) is 82.4 cm³/mol. The molecule has 1 aliphatic carbocycles. The Bertz CT molecular complexity index is 314. The van der Waals surface area contributed by atoms with Crippen LogP contribution in [0, 0.1) is 5.41 Å². The number of likely N-dealkylation sites (tertiary alicyclic amines) is 1. The lowest BCUT2D eigenvalue weighted by molar-refractivity contribution is -0.122. The highest BCUT2D eigenvalue weighted by molar-refractivity contribution is 5.77. The standard InChI is InChI=1S/C16H31N3O/c1-3-16(4-2)7-9-19(10-8-16)14(12-17)11-15(20)18-13-5-6-13/h13-14H,3-12,17H2,1-2H3,(H,18,20). The molecule has 0 radical (unpaired) electrons. The quantitative estimate of drug-likeness (QED) is 0.749. The molecule has 1 atom stereocenters. The van der Waals surface area contributed by atoms with Gasteiger partial charge in [-0.3, -0.25) is 9.69 Å². The second kappa shape index (κ2) is 6.90. The van der Waals surface area contributed by atoms with E-state index in [1.807, 2.05) is 0 Å². The molecule has 0 spiro atoms. The number of hydrogen-bond acceptors (Lipinski definition) is 3. The molecule has 4 nitrogen and oxygen atoms in total. The Morgan fingerprint density at radius 1 is 1.30 bits per heavy atom. The third-order valence-electron chi connectivity index (χ3n) is 5.51. The zero-order valence-electron chi connectivity index (χ0n) is 13.2. The van der Waals surface area contributed by atoms with Crippen LogP contribution in [0.2, 0.25) is 0 Å². The molecule has 20 heavy (non-hydrogen) atoms. The topological polar surface area (TPSA) is 58.4 Å². The molecular weight excluding hydrogens is 250 g/mol. The Balaban J connectivity index is 1.81. The minimum absolute atomic E-state index is 0.186. The van der Waals surface area contributed by atoms with Crippen molar-refractivity contribution in [2.75, 3.05) is 19.6 Å². The number of carbonyl (C=O) groups excluding carboxylic acids is 1. The van der Waals surface area contributed by atoms with Gasteiger partial charge in [-0.05, 0) is 44.2 Å². The van der Waals surface area contributed by atoms with Crippen molar-refractivity contribution in [2.45, 2.75) is 70.9 Å². The van der Waals surface area contributed by atoms with Gasteiger partial charge in [0.1, 0.15) is 0 Å². The maximum Gasteiger partial charge on any atom is 0.221 e. The highest BCUT2D eigenvalue weighted by Crippen LogP contribution is 2.38. The fraction of sp³-hybridized carbons (Fsp3) is 0.938. The fourth-order valence-electron chi connectivity index (χ4n) is 3.41. The van der Waals surface area contributed by atoms with Crippen LogP contribution in [0.15, 0.2) is 0 Å². The molecule has 4 heteroatoms. The first-order valence-electron chi connectivity index (χ1n) is 8.36. The van der Waals surface area contributed by atoms with E-state index in [-0.39, 0.29) is 11.9 Å². The zero-order valence-corrected chi connectivity index (χ0v) is 13.2. The van der Waals surface area contributed by atoms with Gasteiger partial charge in [-0.2, -0.15) is 0 Å². The number of nitrogens with zero attached hydrogens (tertiary/aromatic N) is 1. The number of rotatable bonds is 7. The highest BCUT2D eigenvalue weighted by atomic mass is 16.1. The van der Waals surface area contributed by atoms with E-state index < -0.39 is 0 Å². The monoisotopic (exact) mass is 281 g/mol. The number of amides is 1. The van der Waals surface area contributed by atoms with Gasteiger partial charge in [0.2, 0.25) is 5.91 Å². The van der Waals surface area contributed by atoms with Gasteiger partial charge in [-0.1, -0.05) is 26.7 Å². The van der Waals surface area contributed by atoms with E-state index in [1.165, 1.54) is 25.7 Å². The summed E-state index contributed by atoms with van der Waals surface area (Å²) < 4.78 is 0. The Kier molecular flexibility index (Phi) is 5.44. The van der Waals surface area contributed by atoms with Crippen LogP contribution in [0.25, 0.3) is 0 Å². The predicted octanol–water partition coefficient (Wildman–Crippen LogP) is 1.88. The lowest BCUT2D eigenvalue weighted by Gasteiger charge is -2.43. The van der Waals surface area contributed by atoms with Gasteiger partial charge < -0.3 is 11.1 Å². The van der Waals surface area contributed by atoms with Crippen LogP contribution < -0.4 is 11.1 Å². The fourth-order valence-corrected chi connectivity index (χ4v) is 3.41. The van der Waals surface area contributed by atoms with Crippen LogP contribution in [0.5, 0.6) is 0 Å². The molecule has 1 heterocycles. The Labute approximate surface area is 123 Å². The second-order valence-corrected chi connectivity index (χ2v) is 6.68. The first-order valence-corrected chi connectivity index (χ1v) is 8.36. The molecular formula is C16H31N3O. The van der Waals surface area contributed by atoms with Gasteiger partial charge in [0.25, 0.3) is 0 Å². The summed E-state index contributed by atoms with van der Waals surface area (Å²) in [5.74, 6) is 0.186. The van der Waals surface area contributed by atoms with Gasteiger partial charge in [0.05, 0.1) is 0 Å². The third-order valence-corrected chi connectivity index (χ3v) is 5.51. The maximum atomic E-state index is 12.0. The third kappa shape index (κ3) is 3.95. The van der Waals surface area contributed by atoms with Crippen molar-refractivity contribution in [3.63, 3.8) is 0 Å². The molecule has 2 aliphatic rings. The van der Waals surface area contributed by atoms with Crippen LogP contribution in [-0.4, -0.2) is 42.5 Å². The molecule has 0 aromatic heterocycles. The first kappa shape index (κ1) is 15.8. The maximum absolute atomic E-state index is 12.0. The molecule has 0 bridgehead atoms. The largest absolute Gasteiger partial charge is 0.353 e. The smallest absolute Gasteiger partial charge is 0.221 e. The SMILES string of the molecule is CCC1(CC)CCN(C(CN)CC(=O)NC2CC2)CC1. The van der Waals surface area contributed by atoms with Crippen molar-refractivity contribution >= 4 is 5.91 Å². The first-order chi connectivity index (χ1) is 9.62. The van der Waals surface area contributed by atoms with Crippen LogP contribution in [0.3, 0.4) is 0 Å². The van der Waals surface area contributed by atoms with E-state index in [4.69, 9.17) is 5.73 Å². The molecule has 1 aliphatic heterocycles. The van der Waals surface area contributed by atoms with Gasteiger partial charge in [-0.15, -0.1) is 0 Å². The van der Waals surface area contributed by atoms with E-state index in [2.05, 4.69) is 24.1 Å². The molecule has 1 amide bonds. The van der Waals surface area contributed by atoms with Crippen LogP contribution >= 0.6 is 0 Å². The van der Waals surface area contributed by atoms with Crippen LogP contribution in [0.4, 0.5) is 0 Å². The summed E-state index contributed by atoms with van der Waals surface area (Å²) in [6.45, 7) is 7.40. The van der Waals surface area contributed by atoms with Crippen molar-refractivity contribution in [1.29, 1.82) is 0 Å². The van der Waals surface area contributed by atoms with Gasteiger partial charge in [-0.25, -0.2) is 0 Å². The lowest BCUT2D eigenvalue weighted by Crippen LogP contribution is -2.49. The zero-order chi connectivity index (χ0) is 14.6. The van der Waals surface area contributed by atoms with Crippen molar-refractivity contribution in [3.05, 3.63) is 0 Å². The van der Waals surface area contributed by atoms with E-state index in [1.54, 1.807) is 0 Å². The molecule has 1 unspecified atom stereocenters. The summed E-state index contributed by atoms with van der Waals surface area (Å²) >= 11 is 0. The average Bonchev–Trinajstić information content (AvgIpc) is 3.29. The van der Waals surface area contributed by atoms with Crippen LogP contribution in [0.1, 0.15) is 58.8 Å². The average molecular weight is 281 g/mol.